The van der Waals surface area contributed by atoms with Gasteiger partial charge in [-0.15, -0.1) is 0 Å². The molecule has 0 fully saturated rings. The summed E-state index contributed by atoms with van der Waals surface area (Å²) in [5.41, 5.74) is 1.50. The molecule has 3 aromatic carbocycles. The van der Waals surface area contributed by atoms with Crippen LogP contribution in [0.5, 0.6) is 11.5 Å². The molecule has 3 aromatic rings. The lowest BCUT2D eigenvalue weighted by Gasteiger charge is -2.30. The Balaban J connectivity index is 2.05. The molecule has 0 atom stereocenters. The molecular weight excluding hydrogens is 312 g/mol. The van der Waals surface area contributed by atoms with Gasteiger partial charge in [0.1, 0.15) is 17.1 Å². The molecule has 3 heteroatoms. The summed E-state index contributed by atoms with van der Waals surface area (Å²) in [7, 11) is 3.26. The maximum atomic E-state index is 11.6. The van der Waals surface area contributed by atoms with E-state index in [0.717, 1.165) is 28.2 Å². The smallest absolute Gasteiger partial charge is 0.119 e. The highest BCUT2D eigenvalue weighted by Crippen LogP contribution is 2.35. The molecule has 0 aromatic heterocycles. The number of hydrogen-bond donors (Lipinski definition) is 1. The lowest BCUT2D eigenvalue weighted by atomic mass is 9.81. The summed E-state index contributed by atoms with van der Waals surface area (Å²) in [5, 5.41) is 11.6. The molecule has 0 heterocycles. The first kappa shape index (κ1) is 17.1. The molecule has 1 radical (unpaired) electrons. The van der Waals surface area contributed by atoms with Crippen molar-refractivity contribution >= 4 is 0 Å². The molecule has 3 rings (SSSR count). The van der Waals surface area contributed by atoms with E-state index in [1.165, 1.54) is 0 Å². The zero-order valence-corrected chi connectivity index (χ0v) is 14.4. The zero-order chi connectivity index (χ0) is 17.7. The van der Waals surface area contributed by atoms with E-state index in [0.29, 0.717) is 6.42 Å². The molecule has 25 heavy (non-hydrogen) atoms. The summed E-state index contributed by atoms with van der Waals surface area (Å²) in [6.45, 7) is 0. The van der Waals surface area contributed by atoms with E-state index >= 15 is 0 Å². The Kier molecular flexibility index (Phi) is 5.05. The fourth-order valence-corrected chi connectivity index (χ4v) is 2.94. The van der Waals surface area contributed by atoms with Crippen LogP contribution in [0, 0.1) is 6.07 Å². The summed E-state index contributed by atoms with van der Waals surface area (Å²) in [4.78, 5) is 0. The summed E-state index contributed by atoms with van der Waals surface area (Å²) < 4.78 is 10.5. The second-order valence-electron chi connectivity index (χ2n) is 5.90. The van der Waals surface area contributed by atoms with Crippen molar-refractivity contribution in [2.75, 3.05) is 14.2 Å². The van der Waals surface area contributed by atoms with Gasteiger partial charge in [-0.3, -0.25) is 0 Å². The van der Waals surface area contributed by atoms with Crippen molar-refractivity contribution in [1.29, 1.82) is 0 Å². The highest BCUT2D eigenvalue weighted by molar-refractivity contribution is 5.42. The molecule has 0 saturated heterocycles. The Bertz CT molecular complexity index is 745. The maximum absolute atomic E-state index is 11.6. The highest BCUT2D eigenvalue weighted by atomic mass is 16.5. The third kappa shape index (κ3) is 3.67. The van der Waals surface area contributed by atoms with E-state index < -0.39 is 5.60 Å². The minimum absolute atomic E-state index is 0.459. The van der Waals surface area contributed by atoms with Crippen LogP contribution in [-0.4, -0.2) is 19.3 Å². The Morgan fingerprint density at radius 1 is 0.760 bits per heavy atom. The highest BCUT2D eigenvalue weighted by Gasteiger charge is 2.32. The van der Waals surface area contributed by atoms with Crippen molar-refractivity contribution in [2.24, 2.45) is 0 Å². The third-order valence-corrected chi connectivity index (χ3v) is 4.38. The van der Waals surface area contributed by atoms with Gasteiger partial charge in [-0.1, -0.05) is 48.5 Å². The van der Waals surface area contributed by atoms with Gasteiger partial charge in [0, 0.05) is 6.42 Å². The van der Waals surface area contributed by atoms with Crippen LogP contribution in [0.15, 0.2) is 72.8 Å². The van der Waals surface area contributed by atoms with Crippen molar-refractivity contribution in [2.45, 2.75) is 12.0 Å². The fourth-order valence-electron chi connectivity index (χ4n) is 2.94. The van der Waals surface area contributed by atoms with Crippen molar-refractivity contribution in [3.05, 3.63) is 95.6 Å². The Labute approximate surface area is 148 Å². The molecule has 3 nitrogen and oxygen atoms in total. The summed E-state index contributed by atoms with van der Waals surface area (Å²) >= 11 is 0. The molecular formula is C22H21O3. The second-order valence-corrected chi connectivity index (χ2v) is 5.90. The molecule has 0 unspecified atom stereocenters. The molecule has 0 aliphatic carbocycles. The number of hydrogen-bond acceptors (Lipinski definition) is 3. The topological polar surface area (TPSA) is 38.7 Å². The first-order valence-corrected chi connectivity index (χ1v) is 8.12. The quantitative estimate of drug-likeness (QED) is 0.741. The summed E-state index contributed by atoms with van der Waals surface area (Å²) in [5.74, 6) is 1.52. The Morgan fingerprint density at radius 3 is 1.60 bits per heavy atom. The molecule has 0 aliphatic heterocycles. The molecule has 1 N–H and O–H groups in total. The van der Waals surface area contributed by atoms with Crippen LogP contribution in [-0.2, 0) is 12.0 Å². The van der Waals surface area contributed by atoms with Gasteiger partial charge in [0.25, 0.3) is 0 Å². The SMILES string of the molecule is COc1ccc(C(O)(Cc2cc[c]cc2)c2ccc(OC)cc2)cc1. The summed E-state index contributed by atoms with van der Waals surface area (Å²) in [6.07, 6.45) is 0.459. The van der Waals surface area contributed by atoms with Crippen LogP contribution in [0.4, 0.5) is 0 Å². The van der Waals surface area contributed by atoms with Crippen LogP contribution < -0.4 is 9.47 Å². The molecule has 0 aliphatic rings. The first-order chi connectivity index (χ1) is 12.2. The number of rotatable bonds is 6. The third-order valence-electron chi connectivity index (χ3n) is 4.38. The second kappa shape index (κ2) is 7.41. The van der Waals surface area contributed by atoms with Gasteiger partial charge >= 0.3 is 0 Å². The average Bonchev–Trinajstić information content (AvgIpc) is 2.69. The van der Waals surface area contributed by atoms with E-state index in [9.17, 15) is 5.11 Å². The fraction of sp³-hybridized carbons (Fsp3) is 0.182. The molecule has 0 bridgehead atoms. The number of methoxy groups -OCH3 is 2. The van der Waals surface area contributed by atoms with Gasteiger partial charge in [-0.05, 0) is 47.0 Å². The van der Waals surface area contributed by atoms with Gasteiger partial charge < -0.3 is 14.6 Å². The number of benzene rings is 3. The lowest BCUT2D eigenvalue weighted by molar-refractivity contribution is 0.0810. The monoisotopic (exact) mass is 333 g/mol. The minimum atomic E-state index is -1.15. The normalized spacial score (nSPS) is 11.2. The largest absolute Gasteiger partial charge is 0.497 e. The number of aliphatic hydroxyl groups is 1. The van der Waals surface area contributed by atoms with E-state index in [1.807, 2.05) is 72.8 Å². The molecule has 0 spiro atoms. The van der Waals surface area contributed by atoms with Crippen molar-refractivity contribution in [1.82, 2.24) is 0 Å². The van der Waals surface area contributed by atoms with Crippen LogP contribution >= 0.6 is 0 Å². The first-order valence-electron chi connectivity index (χ1n) is 8.12. The van der Waals surface area contributed by atoms with E-state index in [2.05, 4.69) is 6.07 Å². The lowest BCUT2D eigenvalue weighted by Crippen LogP contribution is -2.30. The predicted octanol–water partition coefficient (Wildman–Crippen LogP) is 3.98. The van der Waals surface area contributed by atoms with Crippen LogP contribution in [0.25, 0.3) is 0 Å². The summed E-state index contributed by atoms with van der Waals surface area (Å²) in [6, 6.07) is 25.7. The molecule has 0 amide bonds. The van der Waals surface area contributed by atoms with Gasteiger partial charge in [0.05, 0.1) is 14.2 Å². The van der Waals surface area contributed by atoms with Gasteiger partial charge in [0.2, 0.25) is 0 Å². The van der Waals surface area contributed by atoms with E-state index in [4.69, 9.17) is 9.47 Å². The maximum Gasteiger partial charge on any atom is 0.119 e. The van der Waals surface area contributed by atoms with Crippen LogP contribution in [0.2, 0.25) is 0 Å². The van der Waals surface area contributed by atoms with E-state index in [1.54, 1.807) is 14.2 Å². The van der Waals surface area contributed by atoms with Gasteiger partial charge in [-0.25, -0.2) is 0 Å². The van der Waals surface area contributed by atoms with Crippen LogP contribution in [0.3, 0.4) is 0 Å². The van der Waals surface area contributed by atoms with E-state index in [-0.39, 0.29) is 0 Å². The van der Waals surface area contributed by atoms with Gasteiger partial charge in [0.15, 0.2) is 0 Å². The number of ether oxygens (including phenoxy) is 2. The Morgan fingerprint density at radius 2 is 1.20 bits per heavy atom. The molecule has 0 saturated carbocycles. The van der Waals surface area contributed by atoms with Gasteiger partial charge in [-0.2, -0.15) is 0 Å². The zero-order valence-electron chi connectivity index (χ0n) is 14.4. The predicted molar refractivity (Wildman–Crippen MR) is 98.0 cm³/mol. The van der Waals surface area contributed by atoms with Crippen molar-refractivity contribution < 1.29 is 14.6 Å². The van der Waals surface area contributed by atoms with Crippen molar-refractivity contribution in [3.8, 4) is 11.5 Å². The molecule has 127 valence electrons. The Hall–Kier alpha value is -2.78. The standard InChI is InChI=1S/C22H21O3/c1-24-20-12-8-18(9-13-20)22(23,16-17-6-4-3-5-7-17)19-10-14-21(25-2)15-11-19/h4-15,23H,16H2,1-2H3. The van der Waals surface area contributed by atoms with Crippen LogP contribution in [0.1, 0.15) is 16.7 Å². The van der Waals surface area contributed by atoms with Crippen molar-refractivity contribution in [3.63, 3.8) is 0 Å². The minimum Gasteiger partial charge on any atom is -0.497 e. The average molecular weight is 333 g/mol.